The van der Waals surface area contributed by atoms with Gasteiger partial charge in [0.25, 0.3) is 0 Å². The summed E-state index contributed by atoms with van der Waals surface area (Å²) in [4.78, 5) is 0. The average molecular weight is 246 g/mol. The minimum atomic E-state index is 0.311. The number of benzene rings is 1. The Bertz CT molecular complexity index is 381. The quantitative estimate of drug-likeness (QED) is 0.613. The number of nitrogens with one attached hydrogen (secondary N) is 1. The van der Waals surface area contributed by atoms with Gasteiger partial charge in [-0.15, -0.1) is 0 Å². The van der Waals surface area contributed by atoms with Crippen molar-refractivity contribution in [2.24, 2.45) is 11.8 Å². The molecular weight excluding hydrogens is 220 g/mol. The van der Waals surface area contributed by atoms with Gasteiger partial charge < -0.3 is 0 Å². The van der Waals surface area contributed by atoms with Gasteiger partial charge in [0.05, 0.1) is 0 Å². The smallest absolute Gasteiger partial charge is 0.0462 e. The van der Waals surface area contributed by atoms with Crippen LogP contribution >= 0.6 is 0 Å². The average Bonchev–Trinajstić information content (AvgIpc) is 2.85. The van der Waals surface area contributed by atoms with E-state index in [1.807, 2.05) is 0 Å². The van der Waals surface area contributed by atoms with E-state index < -0.39 is 0 Å². The van der Waals surface area contributed by atoms with Crippen LogP contribution in [0.4, 0.5) is 0 Å². The lowest BCUT2D eigenvalue weighted by Crippen LogP contribution is -2.29. The third kappa shape index (κ3) is 3.33. The van der Waals surface area contributed by atoms with Crippen LogP contribution in [0.25, 0.3) is 0 Å². The molecule has 0 aliphatic heterocycles. The second kappa shape index (κ2) is 6.35. The van der Waals surface area contributed by atoms with Gasteiger partial charge in [-0.2, -0.15) is 0 Å². The highest BCUT2D eigenvalue weighted by molar-refractivity contribution is 5.32. The molecule has 1 saturated carbocycles. The van der Waals surface area contributed by atoms with E-state index in [2.05, 4.69) is 37.5 Å². The number of rotatable bonds is 5. The molecule has 1 aromatic rings. The van der Waals surface area contributed by atoms with Crippen molar-refractivity contribution in [3.8, 4) is 0 Å². The highest BCUT2D eigenvalue weighted by Crippen LogP contribution is 2.32. The molecule has 0 aromatic heterocycles. The molecule has 1 aliphatic rings. The van der Waals surface area contributed by atoms with Crippen LogP contribution < -0.4 is 11.3 Å². The SMILES string of the molecule is Cc1ccc(C(CCC2CCCC2)NN)c(C)c1. The molecule has 0 amide bonds. The molecule has 1 aromatic carbocycles. The van der Waals surface area contributed by atoms with Crippen molar-refractivity contribution >= 4 is 0 Å². The number of nitrogens with two attached hydrogens (primary N) is 1. The standard InChI is InChI=1S/C16H26N2/c1-12-7-9-15(13(2)11-12)16(18-17)10-8-14-5-3-4-6-14/h7,9,11,14,16,18H,3-6,8,10,17H2,1-2H3. The van der Waals surface area contributed by atoms with Gasteiger partial charge in [-0.05, 0) is 43.7 Å². The lowest BCUT2D eigenvalue weighted by Gasteiger charge is -2.20. The predicted molar refractivity (Wildman–Crippen MR) is 77.2 cm³/mol. The number of hydrogen-bond acceptors (Lipinski definition) is 2. The number of aryl methyl sites for hydroxylation is 2. The molecule has 0 heterocycles. The maximum atomic E-state index is 5.75. The Kier molecular flexibility index (Phi) is 4.79. The summed E-state index contributed by atoms with van der Waals surface area (Å²) in [5.74, 6) is 6.68. The molecule has 18 heavy (non-hydrogen) atoms. The van der Waals surface area contributed by atoms with Crippen molar-refractivity contribution in [1.82, 2.24) is 5.43 Å². The molecule has 1 unspecified atom stereocenters. The van der Waals surface area contributed by atoms with Gasteiger partial charge in [-0.3, -0.25) is 11.3 Å². The predicted octanol–water partition coefficient (Wildman–Crippen LogP) is 3.78. The maximum Gasteiger partial charge on any atom is 0.0462 e. The van der Waals surface area contributed by atoms with E-state index in [0.717, 1.165) is 12.3 Å². The lowest BCUT2D eigenvalue weighted by molar-refractivity contribution is 0.415. The van der Waals surface area contributed by atoms with Gasteiger partial charge in [0.1, 0.15) is 0 Å². The van der Waals surface area contributed by atoms with Crippen LogP contribution in [0.1, 0.15) is 61.3 Å². The Balaban J connectivity index is 1.98. The Morgan fingerprint density at radius 1 is 1.28 bits per heavy atom. The van der Waals surface area contributed by atoms with Crippen molar-refractivity contribution in [2.45, 2.75) is 58.4 Å². The van der Waals surface area contributed by atoms with Crippen molar-refractivity contribution < 1.29 is 0 Å². The van der Waals surface area contributed by atoms with E-state index in [1.54, 1.807) is 0 Å². The Labute approximate surface area is 111 Å². The van der Waals surface area contributed by atoms with Crippen LogP contribution in [0.5, 0.6) is 0 Å². The van der Waals surface area contributed by atoms with E-state index >= 15 is 0 Å². The molecule has 2 nitrogen and oxygen atoms in total. The fourth-order valence-corrected chi connectivity index (χ4v) is 3.25. The summed E-state index contributed by atoms with van der Waals surface area (Å²) < 4.78 is 0. The Morgan fingerprint density at radius 2 is 2.00 bits per heavy atom. The van der Waals surface area contributed by atoms with Crippen LogP contribution in [0.2, 0.25) is 0 Å². The highest BCUT2D eigenvalue weighted by atomic mass is 15.2. The molecule has 100 valence electrons. The fraction of sp³-hybridized carbons (Fsp3) is 0.625. The van der Waals surface area contributed by atoms with Crippen molar-refractivity contribution in [1.29, 1.82) is 0 Å². The fourth-order valence-electron chi connectivity index (χ4n) is 3.25. The zero-order valence-corrected chi connectivity index (χ0v) is 11.7. The third-order valence-electron chi connectivity index (χ3n) is 4.34. The van der Waals surface area contributed by atoms with Crippen LogP contribution in [0, 0.1) is 19.8 Å². The topological polar surface area (TPSA) is 38.0 Å². The summed E-state index contributed by atoms with van der Waals surface area (Å²) in [6, 6.07) is 6.97. The van der Waals surface area contributed by atoms with Crippen LogP contribution in [0.15, 0.2) is 18.2 Å². The summed E-state index contributed by atoms with van der Waals surface area (Å²) >= 11 is 0. The third-order valence-corrected chi connectivity index (χ3v) is 4.34. The van der Waals surface area contributed by atoms with E-state index in [1.165, 1.54) is 48.8 Å². The molecule has 3 N–H and O–H groups in total. The van der Waals surface area contributed by atoms with Crippen LogP contribution in [0.3, 0.4) is 0 Å². The first-order valence-corrected chi connectivity index (χ1v) is 7.24. The van der Waals surface area contributed by atoms with E-state index in [4.69, 9.17) is 5.84 Å². The molecule has 0 bridgehead atoms. The first-order chi connectivity index (χ1) is 8.70. The largest absolute Gasteiger partial charge is 0.271 e. The summed E-state index contributed by atoms with van der Waals surface area (Å²) in [6.07, 6.45) is 8.16. The molecule has 0 radical (unpaired) electrons. The molecule has 0 saturated heterocycles. The van der Waals surface area contributed by atoms with Crippen molar-refractivity contribution in [3.63, 3.8) is 0 Å². The van der Waals surface area contributed by atoms with Crippen LogP contribution in [-0.2, 0) is 0 Å². The van der Waals surface area contributed by atoms with Crippen molar-refractivity contribution in [3.05, 3.63) is 34.9 Å². The van der Waals surface area contributed by atoms with Gasteiger partial charge in [0, 0.05) is 6.04 Å². The minimum absolute atomic E-state index is 0.311. The molecule has 1 aliphatic carbocycles. The molecular formula is C16H26N2. The normalized spacial score (nSPS) is 18.2. The van der Waals surface area contributed by atoms with E-state index in [-0.39, 0.29) is 0 Å². The zero-order valence-electron chi connectivity index (χ0n) is 11.7. The molecule has 1 fully saturated rings. The van der Waals surface area contributed by atoms with Crippen molar-refractivity contribution in [2.75, 3.05) is 0 Å². The van der Waals surface area contributed by atoms with Crippen LogP contribution in [-0.4, -0.2) is 0 Å². The minimum Gasteiger partial charge on any atom is -0.271 e. The summed E-state index contributed by atoms with van der Waals surface area (Å²) in [5.41, 5.74) is 7.04. The van der Waals surface area contributed by atoms with Gasteiger partial charge in [-0.1, -0.05) is 49.4 Å². The van der Waals surface area contributed by atoms with E-state index in [9.17, 15) is 0 Å². The second-order valence-electron chi connectivity index (χ2n) is 5.81. The summed E-state index contributed by atoms with van der Waals surface area (Å²) in [7, 11) is 0. The highest BCUT2D eigenvalue weighted by Gasteiger charge is 2.18. The molecule has 2 rings (SSSR count). The first-order valence-electron chi connectivity index (χ1n) is 7.24. The lowest BCUT2D eigenvalue weighted by atomic mass is 9.92. The maximum absolute atomic E-state index is 5.75. The zero-order chi connectivity index (χ0) is 13.0. The number of hydrazine groups is 1. The number of hydrogen-bond donors (Lipinski definition) is 2. The summed E-state index contributed by atoms with van der Waals surface area (Å²) in [6.45, 7) is 4.32. The molecule has 2 heteroatoms. The Hall–Kier alpha value is -0.860. The molecule has 0 spiro atoms. The molecule has 1 atom stereocenters. The van der Waals surface area contributed by atoms with Gasteiger partial charge >= 0.3 is 0 Å². The van der Waals surface area contributed by atoms with Gasteiger partial charge in [0.15, 0.2) is 0 Å². The van der Waals surface area contributed by atoms with E-state index in [0.29, 0.717) is 6.04 Å². The second-order valence-corrected chi connectivity index (χ2v) is 5.81. The Morgan fingerprint density at radius 3 is 2.61 bits per heavy atom. The summed E-state index contributed by atoms with van der Waals surface area (Å²) in [5, 5.41) is 0. The van der Waals surface area contributed by atoms with Gasteiger partial charge in [0.2, 0.25) is 0 Å². The monoisotopic (exact) mass is 246 g/mol. The van der Waals surface area contributed by atoms with Gasteiger partial charge in [-0.25, -0.2) is 0 Å². The first kappa shape index (κ1) is 13.6.